The van der Waals surface area contributed by atoms with E-state index in [-0.39, 0.29) is 0 Å². The quantitative estimate of drug-likeness (QED) is 0.459. The molecule has 0 aliphatic heterocycles. The maximum Gasteiger partial charge on any atom is 0.490 e. The van der Waals surface area contributed by atoms with Crippen LogP contribution in [0.1, 0.15) is 11.7 Å². The molecule has 0 heterocycles. The zero-order chi connectivity index (χ0) is 16.4. The number of hydrogen-bond donors (Lipinski definition) is 1. The molecule has 0 aliphatic carbocycles. The lowest BCUT2D eigenvalue weighted by Crippen LogP contribution is -2.40. The number of carbonyl (C=O) groups is 2. The molecule has 116 valence electrons. The van der Waals surface area contributed by atoms with E-state index < -0.39 is 35.7 Å². The molecular formula is C11H6F5IO4. The summed E-state index contributed by atoms with van der Waals surface area (Å²) in [7, 11) is 0. The van der Waals surface area contributed by atoms with Crippen molar-refractivity contribution in [3.63, 3.8) is 0 Å². The van der Waals surface area contributed by atoms with E-state index in [1.54, 1.807) is 22.6 Å². The molecule has 0 saturated heterocycles. The molecule has 0 amide bonds. The Kier molecular flexibility index (Phi) is 5.12. The SMILES string of the molecule is O=C(OC(c1ccc(I)cc1)C(F)(F)C(=O)O)C(F)(F)F. The van der Waals surface area contributed by atoms with Gasteiger partial charge in [0, 0.05) is 3.57 Å². The van der Waals surface area contributed by atoms with Crippen LogP contribution in [-0.4, -0.2) is 29.1 Å². The van der Waals surface area contributed by atoms with Crippen LogP contribution in [0.2, 0.25) is 0 Å². The van der Waals surface area contributed by atoms with Gasteiger partial charge in [0.05, 0.1) is 0 Å². The molecular weight excluding hydrogens is 418 g/mol. The Morgan fingerprint density at radius 1 is 1.10 bits per heavy atom. The van der Waals surface area contributed by atoms with Crippen LogP contribution < -0.4 is 0 Å². The van der Waals surface area contributed by atoms with Gasteiger partial charge in [-0.3, -0.25) is 0 Å². The Morgan fingerprint density at radius 3 is 1.95 bits per heavy atom. The van der Waals surface area contributed by atoms with Crippen LogP contribution in [0.25, 0.3) is 0 Å². The molecule has 4 nitrogen and oxygen atoms in total. The monoisotopic (exact) mass is 424 g/mol. The molecule has 0 saturated carbocycles. The Hall–Kier alpha value is -1.46. The number of alkyl halides is 5. The second-order valence-corrected chi connectivity index (χ2v) is 5.01. The number of hydrogen-bond acceptors (Lipinski definition) is 3. The van der Waals surface area contributed by atoms with Gasteiger partial charge in [-0.1, -0.05) is 12.1 Å². The smallest absolute Gasteiger partial charge is 0.477 e. The summed E-state index contributed by atoms with van der Waals surface area (Å²) in [5, 5.41) is 8.42. The summed E-state index contributed by atoms with van der Waals surface area (Å²) >= 11 is 1.80. The van der Waals surface area contributed by atoms with Gasteiger partial charge in [-0.2, -0.15) is 22.0 Å². The van der Waals surface area contributed by atoms with Crippen LogP contribution in [0, 0.1) is 3.57 Å². The Balaban J connectivity index is 3.21. The average molecular weight is 424 g/mol. The molecule has 0 bridgehead atoms. The van der Waals surface area contributed by atoms with Crippen molar-refractivity contribution >= 4 is 34.5 Å². The third-order valence-electron chi connectivity index (χ3n) is 2.24. The summed E-state index contributed by atoms with van der Waals surface area (Å²) in [6.07, 6.45) is -8.41. The topological polar surface area (TPSA) is 63.6 Å². The lowest BCUT2D eigenvalue weighted by atomic mass is 10.0. The second kappa shape index (κ2) is 6.12. The van der Waals surface area contributed by atoms with Crippen LogP contribution >= 0.6 is 22.6 Å². The van der Waals surface area contributed by atoms with E-state index in [2.05, 4.69) is 4.74 Å². The standard InChI is InChI=1S/C11H6F5IO4/c12-10(13,8(18)19)7(21-9(20)11(14,15)16)5-1-3-6(17)4-2-5/h1-4,7H,(H,18,19). The van der Waals surface area contributed by atoms with E-state index in [0.717, 1.165) is 12.1 Å². The highest BCUT2D eigenvalue weighted by Gasteiger charge is 2.54. The lowest BCUT2D eigenvalue weighted by molar-refractivity contribution is -0.224. The molecule has 1 aromatic carbocycles. The number of carboxylic acid groups (broad SMARTS) is 1. The van der Waals surface area contributed by atoms with E-state index in [4.69, 9.17) is 5.11 Å². The first-order valence-corrected chi connectivity index (χ1v) is 6.18. The number of ether oxygens (including phenoxy) is 1. The Bertz CT molecular complexity index is 541. The summed E-state index contributed by atoms with van der Waals surface area (Å²) in [6.45, 7) is 0. The van der Waals surface area contributed by atoms with Crippen molar-refractivity contribution < 1.29 is 41.4 Å². The fraction of sp³-hybridized carbons (Fsp3) is 0.273. The van der Waals surface area contributed by atoms with Gasteiger partial charge in [0.2, 0.25) is 6.10 Å². The highest BCUT2D eigenvalue weighted by molar-refractivity contribution is 14.1. The van der Waals surface area contributed by atoms with Crippen molar-refractivity contribution in [2.45, 2.75) is 18.2 Å². The molecule has 1 atom stereocenters. The zero-order valence-electron chi connectivity index (χ0n) is 9.83. The molecule has 21 heavy (non-hydrogen) atoms. The average Bonchev–Trinajstić information content (AvgIpc) is 2.35. The number of benzene rings is 1. The summed E-state index contributed by atoms with van der Waals surface area (Å²) in [5.41, 5.74) is -0.569. The van der Waals surface area contributed by atoms with Crippen LogP contribution in [0.3, 0.4) is 0 Å². The minimum atomic E-state index is -5.52. The van der Waals surface area contributed by atoms with Crippen LogP contribution in [0.15, 0.2) is 24.3 Å². The first-order chi connectivity index (χ1) is 9.46. The summed E-state index contributed by atoms with van der Waals surface area (Å²) in [5.74, 6) is -10.3. The highest BCUT2D eigenvalue weighted by atomic mass is 127. The van der Waals surface area contributed by atoms with Crippen molar-refractivity contribution in [2.24, 2.45) is 0 Å². The number of halogens is 6. The van der Waals surface area contributed by atoms with Gasteiger partial charge in [-0.15, -0.1) is 0 Å². The molecule has 0 radical (unpaired) electrons. The third kappa shape index (κ3) is 4.25. The van der Waals surface area contributed by atoms with E-state index in [1.165, 1.54) is 12.1 Å². The maximum atomic E-state index is 13.5. The molecule has 1 N–H and O–H groups in total. The molecule has 0 aromatic heterocycles. The Labute approximate surface area is 128 Å². The fourth-order valence-corrected chi connectivity index (χ4v) is 1.63. The zero-order valence-corrected chi connectivity index (χ0v) is 12.0. The predicted molar refractivity (Wildman–Crippen MR) is 66.6 cm³/mol. The molecule has 1 unspecified atom stereocenters. The molecule has 0 fully saturated rings. The number of rotatable bonds is 4. The van der Waals surface area contributed by atoms with Crippen LogP contribution in [0.5, 0.6) is 0 Å². The molecule has 0 spiro atoms. The number of esters is 1. The number of carboxylic acids is 1. The van der Waals surface area contributed by atoms with Gasteiger partial charge in [0.1, 0.15) is 0 Å². The molecule has 10 heteroatoms. The van der Waals surface area contributed by atoms with Crippen molar-refractivity contribution in [2.75, 3.05) is 0 Å². The summed E-state index contributed by atoms with van der Waals surface area (Å²) in [6, 6.07) is 4.41. The predicted octanol–water partition coefficient (Wildman–Crippen LogP) is 3.16. The van der Waals surface area contributed by atoms with Crippen molar-refractivity contribution in [1.29, 1.82) is 0 Å². The summed E-state index contributed by atoms with van der Waals surface area (Å²) in [4.78, 5) is 21.2. The first-order valence-electron chi connectivity index (χ1n) is 5.10. The third-order valence-corrected chi connectivity index (χ3v) is 2.96. The van der Waals surface area contributed by atoms with Crippen LogP contribution in [-0.2, 0) is 14.3 Å². The maximum absolute atomic E-state index is 13.5. The number of carbonyl (C=O) groups excluding carboxylic acids is 1. The van der Waals surface area contributed by atoms with Crippen molar-refractivity contribution in [1.82, 2.24) is 0 Å². The van der Waals surface area contributed by atoms with E-state index >= 15 is 0 Å². The highest BCUT2D eigenvalue weighted by Crippen LogP contribution is 2.37. The fourth-order valence-electron chi connectivity index (χ4n) is 1.27. The van der Waals surface area contributed by atoms with Crippen molar-refractivity contribution in [3.8, 4) is 0 Å². The summed E-state index contributed by atoms with van der Waals surface area (Å²) < 4.78 is 67.6. The van der Waals surface area contributed by atoms with Gasteiger partial charge in [-0.25, -0.2) is 9.59 Å². The number of aliphatic carboxylic acids is 1. The minimum absolute atomic E-state index is 0.566. The van der Waals surface area contributed by atoms with Gasteiger partial charge in [0.15, 0.2) is 0 Å². The van der Waals surface area contributed by atoms with Gasteiger partial charge in [-0.05, 0) is 40.3 Å². The first kappa shape index (κ1) is 17.6. The second-order valence-electron chi connectivity index (χ2n) is 3.76. The van der Waals surface area contributed by atoms with E-state index in [1.807, 2.05) is 0 Å². The molecule has 1 aromatic rings. The van der Waals surface area contributed by atoms with Crippen LogP contribution in [0.4, 0.5) is 22.0 Å². The minimum Gasteiger partial charge on any atom is -0.477 e. The van der Waals surface area contributed by atoms with Gasteiger partial charge < -0.3 is 9.84 Å². The lowest BCUT2D eigenvalue weighted by Gasteiger charge is -2.24. The van der Waals surface area contributed by atoms with Gasteiger partial charge >= 0.3 is 24.0 Å². The van der Waals surface area contributed by atoms with E-state index in [0.29, 0.717) is 3.57 Å². The largest absolute Gasteiger partial charge is 0.490 e. The molecule has 1 rings (SSSR count). The molecule has 0 aliphatic rings. The normalized spacial score (nSPS) is 13.6. The van der Waals surface area contributed by atoms with Gasteiger partial charge in [0.25, 0.3) is 0 Å². The Morgan fingerprint density at radius 2 is 1.57 bits per heavy atom. The van der Waals surface area contributed by atoms with Crippen molar-refractivity contribution in [3.05, 3.63) is 33.4 Å². The van der Waals surface area contributed by atoms with E-state index in [9.17, 15) is 31.5 Å².